The summed E-state index contributed by atoms with van der Waals surface area (Å²) in [5.74, 6) is 1.56. The highest BCUT2D eigenvalue weighted by atomic mass is 127. The van der Waals surface area contributed by atoms with Crippen LogP contribution in [0.4, 0.5) is 5.69 Å². The molecule has 2 aromatic rings. The van der Waals surface area contributed by atoms with Crippen LogP contribution < -0.4 is 15.4 Å². The Labute approximate surface area is 197 Å². The van der Waals surface area contributed by atoms with Crippen molar-refractivity contribution in [3.8, 4) is 5.75 Å². The standard InChI is InChI=1S/C23H33N3O3.HI/c1-18(2)29-22-11-9-21(10-12-22)26-23(24-13-14-28-16-15-27-4)25-17-20-8-6-5-7-19(20)3;/h5-12,18H,13-17H2,1-4H3,(H2,24,25,26);1H. The number of methoxy groups -OCH3 is 1. The van der Waals surface area contributed by atoms with Crippen LogP contribution in [0.15, 0.2) is 53.5 Å². The third-order valence-electron chi connectivity index (χ3n) is 4.13. The van der Waals surface area contributed by atoms with E-state index in [0.29, 0.717) is 38.9 Å². The minimum atomic E-state index is 0. The first-order chi connectivity index (χ1) is 14.1. The predicted molar refractivity (Wildman–Crippen MR) is 134 cm³/mol. The van der Waals surface area contributed by atoms with E-state index in [9.17, 15) is 0 Å². The van der Waals surface area contributed by atoms with Gasteiger partial charge in [0, 0.05) is 19.3 Å². The molecule has 0 bridgehead atoms. The molecule has 0 saturated heterocycles. The fourth-order valence-corrected chi connectivity index (χ4v) is 2.60. The lowest BCUT2D eigenvalue weighted by Crippen LogP contribution is -2.33. The number of nitrogens with zero attached hydrogens (tertiary/aromatic N) is 1. The summed E-state index contributed by atoms with van der Waals surface area (Å²) in [5.41, 5.74) is 3.37. The molecule has 166 valence electrons. The lowest BCUT2D eigenvalue weighted by Gasteiger charge is -2.14. The molecule has 0 radical (unpaired) electrons. The first kappa shape index (κ1) is 26.2. The normalized spacial score (nSPS) is 11.2. The van der Waals surface area contributed by atoms with Gasteiger partial charge in [0.1, 0.15) is 5.75 Å². The summed E-state index contributed by atoms with van der Waals surface area (Å²) >= 11 is 0. The molecule has 30 heavy (non-hydrogen) atoms. The van der Waals surface area contributed by atoms with Gasteiger partial charge in [-0.1, -0.05) is 24.3 Å². The van der Waals surface area contributed by atoms with E-state index in [2.05, 4.69) is 29.7 Å². The molecule has 0 atom stereocenters. The molecule has 0 aromatic heterocycles. The van der Waals surface area contributed by atoms with Gasteiger partial charge in [0.15, 0.2) is 5.96 Å². The number of rotatable bonds is 11. The van der Waals surface area contributed by atoms with E-state index in [0.717, 1.165) is 11.4 Å². The molecule has 7 heteroatoms. The van der Waals surface area contributed by atoms with Crippen LogP contribution in [0.2, 0.25) is 0 Å². The second-order valence-corrected chi connectivity index (χ2v) is 6.94. The molecule has 0 unspecified atom stereocenters. The number of guanidine groups is 1. The van der Waals surface area contributed by atoms with Gasteiger partial charge in [0.25, 0.3) is 0 Å². The second-order valence-electron chi connectivity index (χ2n) is 6.94. The van der Waals surface area contributed by atoms with Gasteiger partial charge in [0.2, 0.25) is 0 Å². The van der Waals surface area contributed by atoms with Crippen molar-refractivity contribution < 1.29 is 14.2 Å². The topological polar surface area (TPSA) is 64.1 Å². The second kappa shape index (κ2) is 15.0. The van der Waals surface area contributed by atoms with Crippen molar-refractivity contribution >= 4 is 35.6 Å². The van der Waals surface area contributed by atoms with Crippen LogP contribution in [0.3, 0.4) is 0 Å². The van der Waals surface area contributed by atoms with Crippen LogP contribution in [-0.2, 0) is 16.0 Å². The Morgan fingerprint density at radius 2 is 1.73 bits per heavy atom. The summed E-state index contributed by atoms with van der Waals surface area (Å²) in [7, 11) is 1.67. The molecule has 2 aromatic carbocycles. The first-order valence-corrected chi connectivity index (χ1v) is 10.0. The van der Waals surface area contributed by atoms with E-state index in [1.807, 2.05) is 50.2 Å². The Morgan fingerprint density at radius 3 is 2.40 bits per heavy atom. The Hall–Kier alpha value is -1.84. The molecule has 2 N–H and O–H groups in total. The zero-order valence-corrected chi connectivity index (χ0v) is 20.6. The third-order valence-corrected chi connectivity index (χ3v) is 4.13. The molecular formula is C23H34IN3O3. The summed E-state index contributed by atoms with van der Waals surface area (Å²) in [4.78, 5) is 4.74. The van der Waals surface area contributed by atoms with E-state index in [4.69, 9.17) is 19.2 Å². The van der Waals surface area contributed by atoms with Gasteiger partial charge in [-0.25, -0.2) is 4.99 Å². The van der Waals surface area contributed by atoms with Crippen LogP contribution in [0.25, 0.3) is 0 Å². The van der Waals surface area contributed by atoms with E-state index in [-0.39, 0.29) is 30.1 Å². The fraction of sp³-hybridized carbons (Fsp3) is 0.435. The fourth-order valence-electron chi connectivity index (χ4n) is 2.60. The summed E-state index contributed by atoms with van der Waals surface area (Å²) in [5, 5.41) is 6.68. The highest BCUT2D eigenvalue weighted by Crippen LogP contribution is 2.17. The van der Waals surface area contributed by atoms with Crippen molar-refractivity contribution in [1.29, 1.82) is 0 Å². The highest BCUT2D eigenvalue weighted by Gasteiger charge is 2.03. The number of hydrogen-bond acceptors (Lipinski definition) is 4. The van der Waals surface area contributed by atoms with Crippen LogP contribution in [0.1, 0.15) is 25.0 Å². The van der Waals surface area contributed by atoms with Gasteiger partial charge in [-0.3, -0.25) is 0 Å². The minimum absolute atomic E-state index is 0. The summed E-state index contributed by atoms with van der Waals surface area (Å²) in [6, 6.07) is 16.2. The number of aliphatic imine (C=N–C) groups is 1. The van der Waals surface area contributed by atoms with Crippen molar-refractivity contribution in [1.82, 2.24) is 5.32 Å². The maximum atomic E-state index is 5.70. The number of nitrogens with one attached hydrogen (secondary N) is 2. The Balaban J connectivity index is 0.00000450. The van der Waals surface area contributed by atoms with Gasteiger partial charge in [-0.05, 0) is 56.2 Å². The summed E-state index contributed by atoms with van der Waals surface area (Å²) in [6.07, 6.45) is 0.153. The molecule has 0 amide bonds. The van der Waals surface area contributed by atoms with Crippen molar-refractivity contribution in [3.05, 3.63) is 59.7 Å². The van der Waals surface area contributed by atoms with Crippen molar-refractivity contribution in [2.24, 2.45) is 4.99 Å². The van der Waals surface area contributed by atoms with E-state index >= 15 is 0 Å². The van der Waals surface area contributed by atoms with E-state index in [1.165, 1.54) is 11.1 Å². The number of hydrogen-bond donors (Lipinski definition) is 2. The predicted octanol–water partition coefficient (Wildman–Crippen LogP) is 4.62. The van der Waals surface area contributed by atoms with Gasteiger partial charge >= 0.3 is 0 Å². The highest BCUT2D eigenvalue weighted by molar-refractivity contribution is 14.0. The number of ether oxygens (including phenoxy) is 3. The smallest absolute Gasteiger partial charge is 0.196 e. The molecule has 0 saturated carbocycles. The molecule has 0 heterocycles. The molecule has 6 nitrogen and oxygen atoms in total. The zero-order valence-electron chi connectivity index (χ0n) is 18.3. The molecule has 0 aliphatic rings. The SMILES string of the molecule is COCCOCCNC(=NCc1ccccc1C)Nc1ccc(OC(C)C)cc1.I. The molecule has 0 spiro atoms. The maximum Gasteiger partial charge on any atom is 0.196 e. The van der Waals surface area contributed by atoms with Crippen LogP contribution in [-0.4, -0.2) is 45.5 Å². The average Bonchev–Trinajstić information content (AvgIpc) is 2.70. The van der Waals surface area contributed by atoms with Crippen molar-refractivity contribution in [2.75, 3.05) is 38.8 Å². The Bertz CT molecular complexity index is 752. The van der Waals surface area contributed by atoms with Gasteiger partial charge in [-0.2, -0.15) is 0 Å². The van der Waals surface area contributed by atoms with Gasteiger partial charge in [-0.15, -0.1) is 24.0 Å². The van der Waals surface area contributed by atoms with Gasteiger partial charge in [0.05, 0.1) is 32.5 Å². The minimum Gasteiger partial charge on any atom is -0.491 e. The lowest BCUT2D eigenvalue weighted by atomic mass is 10.1. The number of aryl methyl sites for hydroxylation is 1. The molecule has 0 fully saturated rings. The number of anilines is 1. The molecular weight excluding hydrogens is 493 g/mol. The Morgan fingerprint density at radius 1 is 1.00 bits per heavy atom. The molecule has 0 aliphatic heterocycles. The lowest BCUT2D eigenvalue weighted by molar-refractivity contribution is 0.0734. The van der Waals surface area contributed by atoms with Crippen LogP contribution in [0.5, 0.6) is 5.75 Å². The Kier molecular flexibility index (Phi) is 13.1. The first-order valence-electron chi connectivity index (χ1n) is 10.0. The quantitative estimate of drug-likeness (QED) is 0.193. The largest absolute Gasteiger partial charge is 0.491 e. The van der Waals surface area contributed by atoms with E-state index in [1.54, 1.807) is 7.11 Å². The molecule has 2 rings (SSSR count). The van der Waals surface area contributed by atoms with Crippen molar-refractivity contribution in [3.63, 3.8) is 0 Å². The maximum absolute atomic E-state index is 5.70. The third kappa shape index (κ3) is 10.3. The van der Waals surface area contributed by atoms with E-state index < -0.39 is 0 Å². The molecule has 0 aliphatic carbocycles. The number of benzene rings is 2. The number of halogens is 1. The van der Waals surface area contributed by atoms with Crippen LogP contribution in [0, 0.1) is 6.92 Å². The monoisotopic (exact) mass is 527 g/mol. The summed E-state index contributed by atoms with van der Waals surface area (Å²) < 4.78 is 16.2. The van der Waals surface area contributed by atoms with Gasteiger partial charge < -0.3 is 24.8 Å². The van der Waals surface area contributed by atoms with Crippen molar-refractivity contribution in [2.45, 2.75) is 33.4 Å². The van der Waals surface area contributed by atoms with Crippen LogP contribution >= 0.6 is 24.0 Å². The average molecular weight is 527 g/mol. The summed E-state index contributed by atoms with van der Waals surface area (Å²) in [6.45, 7) is 9.13. The zero-order chi connectivity index (χ0) is 20.9.